The number of ether oxygens (including phenoxy) is 3. The third-order valence-electron chi connectivity index (χ3n) is 7.15. The fourth-order valence-electron chi connectivity index (χ4n) is 4.55. The number of para-hydroxylation sites is 1. The molecule has 0 radical (unpaired) electrons. The first kappa shape index (κ1) is 34.9. The standard InChI is InChI=1S/C34H45N5O6/c1-24-12-15-28(31(22-24)45-20-8-7-19-38(2)32(40)16-18-36)39(3)34(42)25-13-14-27(30(23-25)43-4)37-33(41)26-10-5-6-11-29(26)44-21-9-17-35/h5-6,10-15,22-23H,7-9,16-21,35-36H2,1-4H3,(H,37,41). The predicted octanol–water partition coefficient (Wildman–Crippen LogP) is 4.23. The van der Waals surface area contributed by atoms with E-state index in [1.54, 1.807) is 61.5 Å². The third kappa shape index (κ3) is 9.95. The summed E-state index contributed by atoms with van der Waals surface area (Å²) in [6, 6.07) is 17.5. The number of methoxy groups -OCH3 is 1. The van der Waals surface area contributed by atoms with Gasteiger partial charge in [0.2, 0.25) is 5.91 Å². The van der Waals surface area contributed by atoms with Crippen LogP contribution in [-0.2, 0) is 4.79 Å². The van der Waals surface area contributed by atoms with Crippen molar-refractivity contribution in [3.8, 4) is 17.2 Å². The van der Waals surface area contributed by atoms with E-state index in [0.717, 1.165) is 18.4 Å². The number of rotatable bonds is 17. The number of anilines is 2. The second kappa shape index (κ2) is 17.6. The lowest BCUT2D eigenvalue weighted by Crippen LogP contribution is -2.29. The van der Waals surface area contributed by atoms with E-state index in [0.29, 0.717) is 85.4 Å². The van der Waals surface area contributed by atoms with E-state index in [9.17, 15) is 14.4 Å². The zero-order valence-corrected chi connectivity index (χ0v) is 26.6. The first-order valence-corrected chi connectivity index (χ1v) is 15.1. The normalized spacial score (nSPS) is 10.6. The van der Waals surface area contributed by atoms with Gasteiger partial charge in [-0.25, -0.2) is 0 Å². The lowest BCUT2D eigenvalue weighted by atomic mass is 10.1. The fourth-order valence-corrected chi connectivity index (χ4v) is 4.55. The smallest absolute Gasteiger partial charge is 0.259 e. The van der Waals surface area contributed by atoms with Crippen LogP contribution in [-0.4, -0.2) is 76.7 Å². The maximum atomic E-state index is 13.6. The van der Waals surface area contributed by atoms with Crippen molar-refractivity contribution in [1.29, 1.82) is 0 Å². The van der Waals surface area contributed by atoms with E-state index >= 15 is 0 Å². The molecule has 45 heavy (non-hydrogen) atoms. The van der Waals surface area contributed by atoms with Crippen LogP contribution in [0, 0.1) is 6.92 Å². The molecule has 3 rings (SSSR count). The van der Waals surface area contributed by atoms with Gasteiger partial charge in [0.25, 0.3) is 11.8 Å². The third-order valence-corrected chi connectivity index (χ3v) is 7.15. The maximum Gasteiger partial charge on any atom is 0.259 e. The molecule has 0 aliphatic carbocycles. The van der Waals surface area contributed by atoms with Crippen molar-refractivity contribution in [1.82, 2.24) is 4.90 Å². The van der Waals surface area contributed by atoms with Gasteiger partial charge in [-0.1, -0.05) is 18.2 Å². The summed E-state index contributed by atoms with van der Waals surface area (Å²) in [7, 11) is 4.93. The quantitative estimate of drug-likeness (QED) is 0.190. The molecule has 0 aromatic heterocycles. The van der Waals surface area contributed by atoms with Gasteiger partial charge in [0.1, 0.15) is 17.2 Å². The molecule has 0 aliphatic heterocycles. The molecule has 0 unspecified atom stereocenters. The molecule has 11 nitrogen and oxygen atoms in total. The van der Waals surface area contributed by atoms with Crippen molar-refractivity contribution < 1.29 is 28.6 Å². The second-order valence-corrected chi connectivity index (χ2v) is 10.6. The number of unbranched alkanes of at least 4 members (excludes halogenated alkanes) is 1. The summed E-state index contributed by atoms with van der Waals surface area (Å²) in [6.07, 6.45) is 2.52. The minimum Gasteiger partial charge on any atom is -0.495 e. The summed E-state index contributed by atoms with van der Waals surface area (Å²) < 4.78 is 17.4. The van der Waals surface area contributed by atoms with E-state index in [1.807, 2.05) is 25.1 Å². The zero-order chi connectivity index (χ0) is 32.8. The summed E-state index contributed by atoms with van der Waals surface area (Å²) >= 11 is 0. The summed E-state index contributed by atoms with van der Waals surface area (Å²) in [6.45, 7) is 4.23. The van der Waals surface area contributed by atoms with Crippen LogP contribution in [0.4, 0.5) is 11.4 Å². The minimum atomic E-state index is -0.372. The maximum absolute atomic E-state index is 13.6. The predicted molar refractivity (Wildman–Crippen MR) is 177 cm³/mol. The van der Waals surface area contributed by atoms with E-state index in [1.165, 1.54) is 12.0 Å². The van der Waals surface area contributed by atoms with Gasteiger partial charge in [0.15, 0.2) is 0 Å². The van der Waals surface area contributed by atoms with Gasteiger partial charge in [-0.3, -0.25) is 14.4 Å². The molecule has 11 heteroatoms. The molecular weight excluding hydrogens is 574 g/mol. The number of nitrogens with two attached hydrogens (primary N) is 2. The topological polar surface area (TPSA) is 149 Å². The van der Waals surface area contributed by atoms with E-state index in [-0.39, 0.29) is 17.7 Å². The van der Waals surface area contributed by atoms with Crippen LogP contribution in [0.15, 0.2) is 60.7 Å². The highest BCUT2D eigenvalue weighted by Gasteiger charge is 2.21. The van der Waals surface area contributed by atoms with Gasteiger partial charge in [-0.2, -0.15) is 0 Å². The average Bonchev–Trinajstić information content (AvgIpc) is 3.04. The first-order valence-electron chi connectivity index (χ1n) is 15.1. The zero-order valence-electron chi connectivity index (χ0n) is 26.6. The Morgan fingerprint density at radius 2 is 1.56 bits per heavy atom. The Morgan fingerprint density at radius 3 is 2.29 bits per heavy atom. The van der Waals surface area contributed by atoms with E-state index in [2.05, 4.69) is 5.32 Å². The molecule has 0 fully saturated rings. The molecule has 0 heterocycles. The molecule has 0 atom stereocenters. The van der Waals surface area contributed by atoms with Gasteiger partial charge in [-0.15, -0.1) is 0 Å². The van der Waals surface area contributed by atoms with Crippen LogP contribution in [0.3, 0.4) is 0 Å². The SMILES string of the molecule is COc1cc(C(=O)N(C)c2ccc(C)cc2OCCCCN(C)C(=O)CCN)ccc1NC(=O)c1ccccc1OCCCN. The molecule has 3 aromatic rings. The first-order chi connectivity index (χ1) is 21.7. The Hall–Kier alpha value is -4.61. The number of hydrogen-bond acceptors (Lipinski definition) is 8. The molecule has 0 spiro atoms. The number of aryl methyl sites for hydroxylation is 1. The van der Waals surface area contributed by atoms with E-state index < -0.39 is 0 Å². The number of nitrogens with one attached hydrogen (secondary N) is 1. The van der Waals surface area contributed by atoms with Gasteiger partial charge >= 0.3 is 0 Å². The Kier molecular flexibility index (Phi) is 13.7. The Bertz CT molecular complexity index is 1450. The lowest BCUT2D eigenvalue weighted by molar-refractivity contribution is -0.129. The molecule has 0 saturated carbocycles. The summed E-state index contributed by atoms with van der Waals surface area (Å²) in [5.74, 6) is 0.750. The number of carbonyl (C=O) groups excluding carboxylic acids is 3. The largest absolute Gasteiger partial charge is 0.495 e. The monoisotopic (exact) mass is 619 g/mol. The summed E-state index contributed by atoms with van der Waals surface area (Å²) in [5.41, 5.74) is 13.8. The molecule has 0 saturated heterocycles. The van der Waals surface area contributed by atoms with Gasteiger partial charge in [0, 0.05) is 39.2 Å². The Balaban J connectivity index is 1.69. The molecule has 242 valence electrons. The fraction of sp³-hybridized carbons (Fsp3) is 0.382. The number of carbonyl (C=O) groups is 3. The molecular formula is C34H45N5O6. The number of hydrogen-bond donors (Lipinski definition) is 3. The van der Waals surface area contributed by atoms with Crippen molar-refractivity contribution in [2.45, 2.75) is 32.6 Å². The highest BCUT2D eigenvalue weighted by atomic mass is 16.5. The lowest BCUT2D eigenvalue weighted by Gasteiger charge is -2.22. The van der Waals surface area contributed by atoms with Crippen molar-refractivity contribution in [2.75, 3.05) is 64.3 Å². The van der Waals surface area contributed by atoms with Crippen LogP contribution < -0.4 is 35.9 Å². The molecule has 0 bridgehead atoms. The summed E-state index contributed by atoms with van der Waals surface area (Å²) in [5, 5.41) is 2.86. The van der Waals surface area contributed by atoms with Gasteiger partial charge < -0.3 is 40.8 Å². The molecule has 0 aliphatic rings. The Labute approximate surface area is 265 Å². The Morgan fingerprint density at radius 1 is 0.822 bits per heavy atom. The minimum absolute atomic E-state index is 0.0283. The highest BCUT2D eigenvalue weighted by molar-refractivity contribution is 6.09. The summed E-state index contributed by atoms with van der Waals surface area (Å²) in [4.78, 5) is 41.9. The van der Waals surface area contributed by atoms with Gasteiger partial charge in [0.05, 0.1) is 37.3 Å². The van der Waals surface area contributed by atoms with Crippen LogP contribution in [0.1, 0.15) is 52.0 Å². The average molecular weight is 620 g/mol. The van der Waals surface area contributed by atoms with Crippen molar-refractivity contribution >= 4 is 29.1 Å². The van der Waals surface area contributed by atoms with Crippen molar-refractivity contribution in [2.24, 2.45) is 11.5 Å². The van der Waals surface area contributed by atoms with Crippen molar-refractivity contribution in [3.63, 3.8) is 0 Å². The van der Waals surface area contributed by atoms with Crippen LogP contribution in [0.5, 0.6) is 17.2 Å². The number of benzene rings is 3. The van der Waals surface area contributed by atoms with Crippen LogP contribution in [0.2, 0.25) is 0 Å². The van der Waals surface area contributed by atoms with E-state index in [4.69, 9.17) is 25.7 Å². The second-order valence-electron chi connectivity index (χ2n) is 10.6. The number of nitrogens with zero attached hydrogens (tertiary/aromatic N) is 2. The molecule has 3 amide bonds. The van der Waals surface area contributed by atoms with Gasteiger partial charge in [-0.05, 0) is 80.8 Å². The number of amides is 3. The van der Waals surface area contributed by atoms with Crippen LogP contribution in [0.25, 0.3) is 0 Å². The van der Waals surface area contributed by atoms with Crippen LogP contribution >= 0.6 is 0 Å². The highest BCUT2D eigenvalue weighted by Crippen LogP contribution is 2.32. The molecule has 3 aromatic carbocycles. The van der Waals surface area contributed by atoms with Crippen molar-refractivity contribution in [3.05, 3.63) is 77.4 Å². The molecule has 5 N–H and O–H groups in total.